The number of rotatable bonds is 6. The lowest BCUT2D eigenvalue weighted by molar-refractivity contribution is -0.138. The van der Waals surface area contributed by atoms with Crippen molar-refractivity contribution >= 4 is 11.9 Å². The number of oxazole rings is 1. The molecule has 0 aliphatic heterocycles. The van der Waals surface area contributed by atoms with Crippen molar-refractivity contribution in [3.8, 4) is 0 Å². The first-order chi connectivity index (χ1) is 7.59. The second kappa shape index (κ2) is 5.89. The van der Waals surface area contributed by atoms with Crippen LogP contribution in [0.15, 0.2) is 17.1 Å². The van der Waals surface area contributed by atoms with Gasteiger partial charge in [0.1, 0.15) is 6.26 Å². The average Bonchev–Trinajstić information content (AvgIpc) is 2.69. The maximum atomic E-state index is 11.6. The fourth-order valence-electron chi connectivity index (χ4n) is 1.21. The number of carbonyl (C=O) groups excluding carboxylic acids is 1. The van der Waals surface area contributed by atoms with Crippen LogP contribution in [0.4, 0.5) is 0 Å². The molecule has 0 bridgehead atoms. The first kappa shape index (κ1) is 12.2. The normalized spacial score (nSPS) is 10.1. The highest BCUT2D eigenvalue weighted by atomic mass is 16.4. The largest absolute Gasteiger partial charge is 0.481 e. The summed E-state index contributed by atoms with van der Waals surface area (Å²) in [5, 5.41) is 8.45. The highest BCUT2D eigenvalue weighted by Crippen LogP contribution is 2.00. The van der Waals surface area contributed by atoms with E-state index < -0.39 is 5.97 Å². The van der Waals surface area contributed by atoms with E-state index in [0.29, 0.717) is 18.7 Å². The molecule has 6 nitrogen and oxygen atoms in total. The summed E-state index contributed by atoms with van der Waals surface area (Å²) in [4.78, 5) is 27.2. The van der Waals surface area contributed by atoms with Gasteiger partial charge in [-0.1, -0.05) is 0 Å². The van der Waals surface area contributed by atoms with Gasteiger partial charge >= 0.3 is 5.97 Å². The quantitative estimate of drug-likeness (QED) is 0.765. The van der Waals surface area contributed by atoms with Crippen molar-refractivity contribution in [2.75, 3.05) is 13.6 Å². The lowest BCUT2D eigenvalue weighted by atomic mass is 10.2. The molecule has 0 unspecified atom stereocenters. The van der Waals surface area contributed by atoms with Gasteiger partial charge in [-0.05, 0) is 6.42 Å². The standard InChI is InChI=1S/C10H14N2O4/c1-12(4-2-3-10(14)15)9(13)5-8-6-16-7-11-8/h6-7H,2-5H2,1H3,(H,14,15). The van der Waals surface area contributed by atoms with E-state index in [0.717, 1.165) is 0 Å². The number of aromatic nitrogens is 1. The number of aliphatic carboxylic acids is 1. The van der Waals surface area contributed by atoms with Gasteiger partial charge in [-0.2, -0.15) is 0 Å². The highest BCUT2D eigenvalue weighted by molar-refractivity contribution is 5.78. The molecule has 0 aliphatic carbocycles. The molecule has 1 aromatic rings. The summed E-state index contributed by atoms with van der Waals surface area (Å²) < 4.78 is 4.75. The zero-order valence-electron chi connectivity index (χ0n) is 9.05. The first-order valence-electron chi connectivity index (χ1n) is 4.92. The second-order valence-corrected chi connectivity index (χ2v) is 3.47. The molecule has 1 aromatic heterocycles. The number of likely N-dealkylation sites (N-methyl/N-ethyl adjacent to an activating group) is 1. The van der Waals surface area contributed by atoms with Crippen molar-refractivity contribution in [3.63, 3.8) is 0 Å². The molecule has 0 saturated carbocycles. The van der Waals surface area contributed by atoms with Crippen LogP contribution in [-0.2, 0) is 16.0 Å². The molecule has 88 valence electrons. The summed E-state index contributed by atoms with van der Waals surface area (Å²) in [5.41, 5.74) is 0.579. The Hall–Kier alpha value is -1.85. The summed E-state index contributed by atoms with van der Waals surface area (Å²) in [6, 6.07) is 0. The van der Waals surface area contributed by atoms with E-state index in [9.17, 15) is 9.59 Å². The Labute approximate surface area is 92.9 Å². The number of carboxylic acids is 1. The van der Waals surface area contributed by atoms with E-state index in [2.05, 4.69) is 4.98 Å². The molecule has 0 aliphatic rings. The van der Waals surface area contributed by atoms with Crippen LogP contribution in [0.25, 0.3) is 0 Å². The Balaban J connectivity index is 2.28. The van der Waals surface area contributed by atoms with E-state index in [1.165, 1.54) is 17.6 Å². The van der Waals surface area contributed by atoms with E-state index in [4.69, 9.17) is 9.52 Å². The highest BCUT2D eigenvalue weighted by Gasteiger charge is 2.11. The summed E-state index contributed by atoms with van der Waals surface area (Å²) in [5.74, 6) is -0.948. The minimum atomic E-state index is -0.850. The van der Waals surface area contributed by atoms with E-state index in [1.54, 1.807) is 7.05 Å². The molecule has 1 heterocycles. The first-order valence-corrected chi connectivity index (χ1v) is 4.92. The zero-order chi connectivity index (χ0) is 12.0. The van der Waals surface area contributed by atoms with Gasteiger partial charge in [-0.3, -0.25) is 9.59 Å². The molecule has 16 heavy (non-hydrogen) atoms. The fraction of sp³-hybridized carbons (Fsp3) is 0.500. The van der Waals surface area contributed by atoms with Crippen LogP contribution < -0.4 is 0 Å². The minimum absolute atomic E-state index is 0.0710. The molecule has 1 amide bonds. The molecule has 0 aromatic carbocycles. The monoisotopic (exact) mass is 226 g/mol. The molecular formula is C10H14N2O4. The molecule has 0 spiro atoms. The van der Waals surface area contributed by atoms with Gasteiger partial charge < -0.3 is 14.4 Å². The molecule has 6 heteroatoms. The van der Waals surface area contributed by atoms with Crippen molar-refractivity contribution in [2.24, 2.45) is 0 Å². The number of hydrogen-bond acceptors (Lipinski definition) is 4. The SMILES string of the molecule is CN(CCCC(=O)O)C(=O)Cc1cocn1. The third-order valence-electron chi connectivity index (χ3n) is 2.13. The Morgan fingerprint density at radius 3 is 2.88 bits per heavy atom. The van der Waals surface area contributed by atoms with Crippen LogP contribution in [0.3, 0.4) is 0 Å². The molecule has 0 fully saturated rings. The lowest BCUT2D eigenvalue weighted by Gasteiger charge is -2.15. The van der Waals surface area contributed by atoms with Crippen molar-refractivity contribution < 1.29 is 19.1 Å². The van der Waals surface area contributed by atoms with E-state index in [1.807, 2.05) is 0 Å². The van der Waals surface area contributed by atoms with Gasteiger partial charge in [0, 0.05) is 20.0 Å². The van der Waals surface area contributed by atoms with Gasteiger partial charge in [0.2, 0.25) is 5.91 Å². The van der Waals surface area contributed by atoms with Gasteiger partial charge in [0.15, 0.2) is 6.39 Å². The summed E-state index contributed by atoms with van der Waals surface area (Å²) >= 11 is 0. The number of carbonyl (C=O) groups is 2. The number of carboxylic acid groups (broad SMARTS) is 1. The summed E-state index contributed by atoms with van der Waals surface area (Å²) in [7, 11) is 1.64. The van der Waals surface area contributed by atoms with Crippen LogP contribution in [0, 0.1) is 0 Å². The predicted molar refractivity (Wildman–Crippen MR) is 54.7 cm³/mol. The van der Waals surface area contributed by atoms with Crippen molar-refractivity contribution in [1.82, 2.24) is 9.88 Å². The van der Waals surface area contributed by atoms with Crippen molar-refractivity contribution in [1.29, 1.82) is 0 Å². The van der Waals surface area contributed by atoms with E-state index >= 15 is 0 Å². The maximum absolute atomic E-state index is 11.6. The van der Waals surface area contributed by atoms with Gasteiger partial charge in [-0.15, -0.1) is 0 Å². The second-order valence-electron chi connectivity index (χ2n) is 3.47. The third kappa shape index (κ3) is 4.12. The van der Waals surface area contributed by atoms with Crippen LogP contribution in [-0.4, -0.2) is 40.5 Å². The van der Waals surface area contributed by atoms with Crippen LogP contribution in [0.5, 0.6) is 0 Å². The fourth-order valence-corrected chi connectivity index (χ4v) is 1.21. The third-order valence-corrected chi connectivity index (χ3v) is 2.13. The van der Waals surface area contributed by atoms with Gasteiger partial charge in [-0.25, -0.2) is 4.98 Å². The molecule has 1 rings (SSSR count). The number of nitrogens with zero attached hydrogens (tertiary/aromatic N) is 2. The molecular weight excluding hydrogens is 212 g/mol. The minimum Gasteiger partial charge on any atom is -0.481 e. The summed E-state index contributed by atoms with van der Waals surface area (Å²) in [6.45, 7) is 0.434. The van der Waals surface area contributed by atoms with Crippen LogP contribution in [0.2, 0.25) is 0 Å². The van der Waals surface area contributed by atoms with Gasteiger partial charge in [0.25, 0.3) is 0 Å². The van der Waals surface area contributed by atoms with Crippen molar-refractivity contribution in [2.45, 2.75) is 19.3 Å². The number of hydrogen-bond donors (Lipinski definition) is 1. The lowest BCUT2D eigenvalue weighted by Crippen LogP contribution is -2.29. The Bertz CT molecular complexity index is 348. The maximum Gasteiger partial charge on any atom is 0.303 e. The van der Waals surface area contributed by atoms with E-state index in [-0.39, 0.29) is 18.7 Å². The Morgan fingerprint density at radius 2 is 2.31 bits per heavy atom. The molecule has 0 saturated heterocycles. The Kier molecular flexibility index (Phi) is 4.50. The average molecular weight is 226 g/mol. The number of amides is 1. The smallest absolute Gasteiger partial charge is 0.303 e. The zero-order valence-corrected chi connectivity index (χ0v) is 9.05. The predicted octanol–water partition coefficient (Wildman–Crippen LogP) is 0.540. The van der Waals surface area contributed by atoms with Gasteiger partial charge in [0.05, 0.1) is 12.1 Å². The van der Waals surface area contributed by atoms with Crippen LogP contribution >= 0.6 is 0 Å². The van der Waals surface area contributed by atoms with Crippen molar-refractivity contribution in [3.05, 3.63) is 18.4 Å². The van der Waals surface area contributed by atoms with Crippen LogP contribution in [0.1, 0.15) is 18.5 Å². The summed E-state index contributed by atoms with van der Waals surface area (Å²) in [6.07, 6.45) is 3.40. The topological polar surface area (TPSA) is 83.6 Å². The molecule has 0 radical (unpaired) electrons. The molecule has 0 atom stereocenters. The Morgan fingerprint density at radius 1 is 1.56 bits per heavy atom. The molecule has 1 N–H and O–H groups in total.